The van der Waals surface area contributed by atoms with Crippen LogP contribution in [0.4, 0.5) is 5.69 Å². The van der Waals surface area contributed by atoms with E-state index in [1.807, 2.05) is 6.07 Å². The summed E-state index contributed by atoms with van der Waals surface area (Å²) in [4.78, 5) is 2.44. The Morgan fingerprint density at radius 3 is 2.83 bits per heavy atom. The van der Waals surface area contributed by atoms with E-state index >= 15 is 0 Å². The molecule has 1 N–H and O–H groups in total. The fraction of sp³-hybridized carbons (Fsp3) is 0.571. The monoisotopic (exact) mass is 330 g/mol. The second-order valence-corrected chi connectivity index (χ2v) is 6.87. The molecule has 1 saturated heterocycles. The predicted octanol–water partition coefficient (Wildman–Crippen LogP) is 4.07. The number of benzene rings is 1. The van der Waals surface area contributed by atoms with E-state index < -0.39 is 0 Å². The van der Waals surface area contributed by atoms with Gasteiger partial charge in [0.25, 0.3) is 0 Å². The van der Waals surface area contributed by atoms with Crippen LogP contribution in [-0.4, -0.2) is 24.7 Å². The number of halogens is 2. The molecule has 1 atom stereocenters. The van der Waals surface area contributed by atoms with E-state index in [0.717, 1.165) is 34.7 Å². The van der Waals surface area contributed by atoms with Crippen molar-refractivity contribution in [3.8, 4) is 0 Å². The lowest BCUT2D eigenvalue weighted by atomic mass is 9.97. The highest BCUT2D eigenvalue weighted by molar-refractivity contribution is 9.10. The van der Waals surface area contributed by atoms with E-state index in [2.05, 4.69) is 59.1 Å². The summed E-state index contributed by atoms with van der Waals surface area (Å²) in [7, 11) is 0. The molecule has 1 aliphatic rings. The van der Waals surface area contributed by atoms with Crippen molar-refractivity contribution in [3.63, 3.8) is 0 Å². The summed E-state index contributed by atoms with van der Waals surface area (Å²) in [6.45, 7) is 8.68. The lowest BCUT2D eigenvalue weighted by molar-refractivity contribution is 0.306. The molecule has 0 amide bonds. The minimum atomic E-state index is 0.127. The number of nitrogens with zero attached hydrogens (tertiary/aromatic N) is 1. The Hall–Kier alpha value is -0.250. The van der Waals surface area contributed by atoms with Crippen molar-refractivity contribution < 1.29 is 0 Å². The van der Waals surface area contributed by atoms with Gasteiger partial charge in [-0.2, -0.15) is 0 Å². The van der Waals surface area contributed by atoms with E-state index in [4.69, 9.17) is 11.6 Å². The van der Waals surface area contributed by atoms with Crippen LogP contribution in [0.1, 0.15) is 27.2 Å². The summed E-state index contributed by atoms with van der Waals surface area (Å²) in [5, 5.41) is 4.42. The maximum Gasteiger partial charge on any atom is 0.0650 e. The lowest BCUT2D eigenvalue weighted by Gasteiger charge is -2.46. The third-order valence-electron chi connectivity index (χ3n) is 3.51. The first-order chi connectivity index (χ1) is 8.43. The Bertz CT molecular complexity index is 434. The molecule has 1 unspecified atom stereocenters. The zero-order valence-corrected chi connectivity index (χ0v) is 13.5. The molecule has 2 rings (SSSR count). The Morgan fingerprint density at radius 2 is 2.22 bits per heavy atom. The van der Waals surface area contributed by atoms with Crippen molar-refractivity contribution in [1.82, 2.24) is 5.32 Å². The van der Waals surface area contributed by atoms with Crippen LogP contribution in [0.3, 0.4) is 0 Å². The molecule has 0 bridgehead atoms. The Morgan fingerprint density at radius 1 is 1.50 bits per heavy atom. The summed E-state index contributed by atoms with van der Waals surface area (Å²) < 4.78 is 1.03. The smallest absolute Gasteiger partial charge is 0.0650 e. The maximum atomic E-state index is 6.39. The molecule has 1 aliphatic heterocycles. The summed E-state index contributed by atoms with van der Waals surface area (Å²) in [6, 6.07) is 6.65. The number of anilines is 1. The molecule has 1 aromatic rings. The molecular weight excluding hydrogens is 312 g/mol. The summed E-state index contributed by atoms with van der Waals surface area (Å²) in [5.41, 5.74) is 1.27. The van der Waals surface area contributed by atoms with Gasteiger partial charge in [0.2, 0.25) is 0 Å². The van der Waals surface area contributed by atoms with Gasteiger partial charge in [0.1, 0.15) is 0 Å². The second-order valence-electron chi connectivity index (χ2n) is 5.55. The van der Waals surface area contributed by atoms with Crippen LogP contribution in [0.25, 0.3) is 0 Å². The molecule has 1 heterocycles. The fourth-order valence-corrected chi connectivity index (χ4v) is 3.26. The van der Waals surface area contributed by atoms with E-state index in [0.29, 0.717) is 6.04 Å². The first kappa shape index (κ1) is 14.2. The summed E-state index contributed by atoms with van der Waals surface area (Å²) in [6.07, 6.45) is 1.12. The van der Waals surface area contributed by atoms with Gasteiger partial charge < -0.3 is 10.2 Å². The number of piperazine rings is 1. The third kappa shape index (κ3) is 3.01. The second kappa shape index (κ2) is 5.40. The van der Waals surface area contributed by atoms with Crippen LogP contribution in [0.2, 0.25) is 5.02 Å². The molecule has 100 valence electrons. The van der Waals surface area contributed by atoms with E-state index in [-0.39, 0.29) is 5.54 Å². The number of nitrogens with one attached hydrogen (secondary N) is 1. The van der Waals surface area contributed by atoms with Crippen molar-refractivity contribution in [2.45, 2.75) is 38.8 Å². The molecule has 2 nitrogen and oxygen atoms in total. The van der Waals surface area contributed by atoms with Crippen LogP contribution in [-0.2, 0) is 0 Å². The average Bonchev–Trinajstić information content (AvgIpc) is 2.28. The fourth-order valence-electron chi connectivity index (χ4n) is 2.48. The van der Waals surface area contributed by atoms with Gasteiger partial charge in [-0.3, -0.25) is 0 Å². The van der Waals surface area contributed by atoms with Gasteiger partial charge in [0.05, 0.1) is 10.7 Å². The molecule has 0 aromatic heterocycles. The first-order valence-electron chi connectivity index (χ1n) is 6.39. The van der Waals surface area contributed by atoms with Gasteiger partial charge >= 0.3 is 0 Å². The number of hydrogen-bond donors (Lipinski definition) is 1. The van der Waals surface area contributed by atoms with Gasteiger partial charge in [-0.25, -0.2) is 0 Å². The molecule has 18 heavy (non-hydrogen) atoms. The minimum Gasteiger partial charge on any atom is -0.364 e. The van der Waals surface area contributed by atoms with Crippen molar-refractivity contribution in [2.24, 2.45) is 0 Å². The van der Waals surface area contributed by atoms with E-state index in [9.17, 15) is 0 Å². The molecule has 1 fully saturated rings. The van der Waals surface area contributed by atoms with Crippen LogP contribution in [0.5, 0.6) is 0 Å². The highest BCUT2D eigenvalue weighted by Crippen LogP contribution is 2.33. The lowest BCUT2D eigenvalue weighted by Crippen LogP contribution is -2.61. The maximum absolute atomic E-state index is 6.39. The van der Waals surface area contributed by atoms with Crippen molar-refractivity contribution in [2.75, 3.05) is 18.0 Å². The van der Waals surface area contributed by atoms with Crippen LogP contribution < -0.4 is 10.2 Å². The first-order valence-corrected chi connectivity index (χ1v) is 7.57. The normalized spacial score (nSPS) is 23.2. The number of hydrogen-bond acceptors (Lipinski definition) is 2. The van der Waals surface area contributed by atoms with Crippen molar-refractivity contribution in [1.29, 1.82) is 0 Å². The molecule has 1 aromatic carbocycles. The quantitative estimate of drug-likeness (QED) is 0.879. The van der Waals surface area contributed by atoms with Crippen molar-refractivity contribution >= 4 is 33.2 Å². The van der Waals surface area contributed by atoms with Gasteiger partial charge in [0, 0.05) is 29.1 Å². The summed E-state index contributed by atoms with van der Waals surface area (Å²) in [5.74, 6) is 0. The average molecular weight is 332 g/mol. The zero-order chi connectivity index (χ0) is 13.3. The Labute approximate surface area is 123 Å². The molecule has 0 aliphatic carbocycles. The largest absolute Gasteiger partial charge is 0.364 e. The molecule has 0 radical (unpaired) electrons. The topological polar surface area (TPSA) is 15.3 Å². The van der Waals surface area contributed by atoms with E-state index in [1.165, 1.54) is 0 Å². The van der Waals surface area contributed by atoms with Crippen molar-refractivity contribution in [3.05, 3.63) is 27.7 Å². The molecule has 0 saturated carbocycles. The van der Waals surface area contributed by atoms with Gasteiger partial charge in [-0.15, -0.1) is 0 Å². The molecular formula is C14H20BrClN2. The van der Waals surface area contributed by atoms with Crippen LogP contribution in [0.15, 0.2) is 22.7 Å². The molecule has 4 heteroatoms. The van der Waals surface area contributed by atoms with Crippen LogP contribution >= 0.6 is 27.5 Å². The van der Waals surface area contributed by atoms with Gasteiger partial charge in [-0.1, -0.05) is 34.5 Å². The SMILES string of the molecule is CCC1CNC(C)(C)CN1c1ccc(Br)cc1Cl. The van der Waals surface area contributed by atoms with Gasteiger partial charge in [-0.05, 0) is 38.5 Å². The minimum absolute atomic E-state index is 0.127. The van der Waals surface area contributed by atoms with Crippen LogP contribution in [0, 0.1) is 0 Å². The Kier molecular flexibility index (Phi) is 4.25. The molecule has 0 spiro atoms. The van der Waals surface area contributed by atoms with Gasteiger partial charge in [0.15, 0.2) is 0 Å². The highest BCUT2D eigenvalue weighted by Gasteiger charge is 2.32. The zero-order valence-electron chi connectivity index (χ0n) is 11.1. The van der Waals surface area contributed by atoms with E-state index in [1.54, 1.807) is 0 Å². The third-order valence-corrected chi connectivity index (χ3v) is 4.31. The Balaban J connectivity index is 2.32. The number of rotatable bonds is 2. The predicted molar refractivity (Wildman–Crippen MR) is 82.7 cm³/mol. The standard InChI is InChI=1S/C14H20BrClN2/c1-4-11-8-17-14(2,3)9-18(11)13-6-5-10(15)7-12(13)16/h5-7,11,17H,4,8-9H2,1-3H3. The summed E-state index contributed by atoms with van der Waals surface area (Å²) >= 11 is 9.85. The highest BCUT2D eigenvalue weighted by atomic mass is 79.9.